The quantitative estimate of drug-likeness (QED) is 0.882. The van der Waals surface area contributed by atoms with Crippen LogP contribution < -0.4 is 10.5 Å². The summed E-state index contributed by atoms with van der Waals surface area (Å²) in [4.78, 5) is 12.1. The van der Waals surface area contributed by atoms with Gasteiger partial charge >= 0.3 is 0 Å². The van der Waals surface area contributed by atoms with E-state index in [-0.39, 0.29) is 15.5 Å². The van der Waals surface area contributed by atoms with Crippen LogP contribution in [0.4, 0.5) is 4.39 Å². The third-order valence-corrected chi connectivity index (χ3v) is 4.39. The number of rotatable bonds is 4. The Bertz CT molecular complexity index is 838. The predicted molar refractivity (Wildman–Crippen MR) is 85.1 cm³/mol. The lowest BCUT2D eigenvalue weighted by Gasteiger charge is -2.15. The van der Waals surface area contributed by atoms with Gasteiger partial charge in [0, 0.05) is 5.02 Å². The zero-order chi connectivity index (χ0) is 17.2. The molecule has 122 valence electrons. The molecule has 1 amide bonds. The maximum atomic E-state index is 13.7. The van der Waals surface area contributed by atoms with Gasteiger partial charge in [-0.25, -0.2) is 17.9 Å². The molecular weight excluding hydrogens is 343 g/mol. The molecule has 5 nitrogen and oxygen atoms in total. The number of nitrogens with two attached hydrogens (primary N) is 1. The third-order valence-electron chi connectivity index (χ3n) is 3.23. The van der Waals surface area contributed by atoms with Crippen LogP contribution in [0.25, 0.3) is 0 Å². The first-order valence-corrected chi connectivity index (χ1v) is 8.49. The van der Waals surface area contributed by atoms with E-state index in [1.54, 1.807) is 6.92 Å². The fourth-order valence-corrected chi connectivity index (χ4v) is 2.66. The predicted octanol–water partition coefficient (Wildman–Crippen LogP) is 2.62. The van der Waals surface area contributed by atoms with Crippen LogP contribution in [0.5, 0.6) is 0 Å². The van der Waals surface area contributed by atoms with E-state index in [1.165, 1.54) is 36.4 Å². The number of sulfonamides is 1. The second-order valence-electron chi connectivity index (χ2n) is 4.93. The zero-order valence-corrected chi connectivity index (χ0v) is 13.7. The maximum absolute atomic E-state index is 13.7. The Morgan fingerprint density at radius 1 is 1.22 bits per heavy atom. The Kier molecular flexibility index (Phi) is 5.03. The van der Waals surface area contributed by atoms with Gasteiger partial charge in [-0.1, -0.05) is 23.7 Å². The lowest BCUT2D eigenvalue weighted by molar-refractivity contribution is 0.0936. The number of amides is 1. The molecule has 0 aliphatic heterocycles. The first kappa shape index (κ1) is 17.4. The SMILES string of the molecule is C[C@@H](NC(=O)c1cc(Cl)ccc1F)c1ccc(S(N)(=O)=O)cc1. The van der Waals surface area contributed by atoms with Gasteiger partial charge in [0.1, 0.15) is 5.82 Å². The number of benzene rings is 2. The Morgan fingerprint density at radius 3 is 2.39 bits per heavy atom. The number of carbonyl (C=O) groups excluding carboxylic acids is 1. The average Bonchev–Trinajstić information content (AvgIpc) is 2.48. The summed E-state index contributed by atoms with van der Waals surface area (Å²) in [5.41, 5.74) is 0.485. The van der Waals surface area contributed by atoms with Gasteiger partial charge in [-0.05, 0) is 42.8 Å². The average molecular weight is 357 g/mol. The van der Waals surface area contributed by atoms with Crippen molar-refractivity contribution in [2.75, 3.05) is 0 Å². The van der Waals surface area contributed by atoms with Crippen LogP contribution in [0.1, 0.15) is 28.9 Å². The fourth-order valence-electron chi connectivity index (χ4n) is 1.98. The van der Waals surface area contributed by atoms with E-state index < -0.39 is 27.8 Å². The van der Waals surface area contributed by atoms with Crippen LogP contribution in [-0.4, -0.2) is 14.3 Å². The molecule has 0 radical (unpaired) electrons. The smallest absolute Gasteiger partial charge is 0.254 e. The number of primary sulfonamides is 1. The summed E-state index contributed by atoms with van der Waals surface area (Å²) in [6, 6.07) is 8.98. The summed E-state index contributed by atoms with van der Waals surface area (Å²) >= 11 is 5.76. The minimum absolute atomic E-state index is 0.0272. The summed E-state index contributed by atoms with van der Waals surface area (Å²) in [5, 5.41) is 7.89. The van der Waals surface area contributed by atoms with Crippen LogP contribution in [0.2, 0.25) is 5.02 Å². The summed E-state index contributed by atoms with van der Waals surface area (Å²) < 4.78 is 36.1. The van der Waals surface area contributed by atoms with Crippen molar-refractivity contribution in [3.63, 3.8) is 0 Å². The molecule has 1 atom stereocenters. The van der Waals surface area contributed by atoms with Gasteiger partial charge in [0.15, 0.2) is 0 Å². The Labute approximate surface area is 138 Å². The monoisotopic (exact) mass is 356 g/mol. The molecule has 2 aromatic rings. The van der Waals surface area contributed by atoms with Gasteiger partial charge in [-0.15, -0.1) is 0 Å². The molecule has 0 saturated carbocycles. The van der Waals surface area contributed by atoms with E-state index in [9.17, 15) is 17.6 Å². The molecule has 0 saturated heterocycles. The van der Waals surface area contributed by atoms with Crippen LogP contribution >= 0.6 is 11.6 Å². The maximum Gasteiger partial charge on any atom is 0.254 e. The van der Waals surface area contributed by atoms with Crippen LogP contribution in [-0.2, 0) is 10.0 Å². The molecule has 0 fully saturated rings. The summed E-state index contributed by atoms with van der Waals surface area (Å²) in [5.74, 6) is -1.29. The van der Waals surface area contributed by atoms with Crippen molar-refractivity contribution >= 4 is 27.5 Å². The Balaban J connectivity index is 2.17. The minimum atomic E-state index is -3.77. The van der Waals surface area contributed by atoms with Crippen LogP contribution in [0.15, 0.2) is 47.4 Å². The highest BCUT2D eigenvalue weighted by Gasteiger charge is 2.16. The van der Waals surface area contributed by atoms with Crippen molar-refractivity contribution in [2.45, 2.75) is 17.9 Å². The number of hydrogen-bond donors (Lipinski definition) is 2. The molecule has 0 bridgehead atoms. The molecule has 0 spiro atoms. The highest BCUT2D eigenvalue weighted by molar-refractivity contribution is 7.89. The normalized spacial score (nSPS) is 12.7. The molecule has 0 aliphatic rings. The van der Waals surface area contributed by atoms with E-state index in [0.717, 1.165) is 6.07 Å². The van der Waals surface area contributed by atoms with Gasteiger partial charge in [-0.2, -0.15) is 0 Å². The number of carbonyl (C=O) groups is 1. The van der Waals surface area contributed by atoms with Gasteiger partial charge < -0.3 is 5.32 Å². The minimum Gasteiger partial charge on any atom is -0.345 e. The zero-order valence-electron chi connectivity index (χ0n) is 12.1. The summed E-state index contributed by atoms with van der Waals surface area (Å²) in [6.07, 6.45) is 0. The molecule has 0 aromatic heterocycles. The molecule has 0 heterocycles. The molecule has 0 aliphatic carbocycles. The molecule has 23 heavy (non-hydrogen) atoms. The molecule has 2 rings (SSSR count). The standard InChI is InChI=1S/C15H14ClFN2O3S/c1-9(10-2-5-12(6-3-10)23(18,21)22)19-15(20)13-8-11(16)4-7-14(13)17/h2-9H,1H3,(H,19,20)(H2,18,21,22)/t9-/m1/s1. The topological polar surface area (TPSA) is 89.3 Å². The van der Waals surface area contributed by atoms with Crippen LogP contribution in [0, 0.1) is 5.82 Å². The van der Waals surface area contributed by atoms with Crippen molar-refractivity contribution in [3.05, 3.63) is 64.4 Å². The summed E-state index contributed by atoms with van der Waals surface area (Å²) in [6.45, 7) is 1.69. The Morgan fingerprint density at radius 2 is 1.83 bits per heavy atom. The van der Waals surface area contributed by atoms with Gasteiger partial charge in [0.25, 0.3) is 5.91 Å². The van der Waals surface area contributed by atoms with Gasteiger partial charge in [0.05, 0.1) is 16.5 Å². The molecule has 0 unspecified atom stereocenters. The van der Waals surface area contributed by atoms with Crippen molar-refractivity contribution in [3.8, 4) is 0 Å². The number of halogens is 2. The van der Waals surface area contributed by atoms with Gasteiger partial charge in [-0.3, -0.25) is 4.79 Å². The van der Waals surface area contributed by atoms with Crippen molar-refractivity contribution in [1.29, 1.82) is 0 Å². The third kappa shape index (κ3) is 4.28. The number of hydrogen-bond acceptors (Lipinski definition) is 3. The highest BCUT2D eigenvalue weighted by atomic mass is 35.5. The second-order valence-corrected chi connectivity index (χ2v) is 6.93. The summed E-state index contributed by atoms with van der Waals surface area (Å²) in [7, 11) is -3.77. The molecule has 2 aromatic carbocycles. The largest absolute Gasteiger partial charge is 0.345 e. The lowest BCUT2D eigenvalue weighted by Crippen LogP contribution is -2.27. The highest BCUT2D eigenvalue weighted by Crippen LogP contribution is 2.18. The van der Waals surface area contributed by atoms with E-state index in [4.69, 9.17) is 16.7 Å². The van der Waals surface area contributed by atoms with Crippen LogP contribution in [0.3, 0.4) is 0 Å². The first-order valence-electron chi connectivity index (χ1n) is 6.57. The molecular formula is C15H14ClFN2O3S. The molecule has 8 heteroatoms. The molecule has 3 N–H and O–H groups in total. The van der Waals surface area contributed by atoms with E-state index in [2.05, 4.69) is 5.32 Å². The van der Waals surface area contributed by atoms with Crippen molar-refractivity contribution < 1.29 is 17.6 Å². The van der Waals surface area contributed by atoms with E-state index in [0.29, 0.717) is 5.56 Å². The van der Waals surface area contributed by atoms with Crippen molar-refractivity contribution in [1.82, 2.24) is 5.32 Å². The fraction of sp³-hybridized carbons (Fsp3) is 0.133. The lowest BCUT2D eigenvalue weighted by atomic mass is 10.1. The first-order chi connectivity index (χ1) is 10.7. The van der Waals surface area contributed by atoms with Crippen molar-refractivity contribution in [2.24, 2.45) is 5.14 Å². The van der Waals surface area contributed by atoms with Gasteiger partial charge in [0.2, 0.25) is 10.0 Å². The number of nitrogens with one attached hydrogen (secondary N) is 1. The van der Waals surface area contributed by atoms with E-state index >= 15 is 0 Å². The Hall–Kier alpha value is -1.96. The van der Waals surface area contributed by atoms with E-state index in [1.807, 2.05) is 0 Å². The second kappa shape index (κ2) is 6.66.